The minimum atomic E-state index is -0.170. The van der Waals surface area contributed by atoms with E-state index in [1.54, 1.807) is 0 Å². The summed E-state index contributed by atoms with van der Waals surface area (Å²) in [6.07, 6.45) is 13.6. The predicted octanol–water partition coefficient (Wildman–Crippen LogP) is 6.44. The van der Waals surface area contributed by atoms with Crippen molar-refractivity contribution in [3.63, 3.8) is 0 Å². The number of hydrogen-bond acceptors (Lipinski definition) is 2. The fourth-order valence-corrected chi connectivity index (χ4v) is 8.27. The Labute approximate surface area is 174 Å². The van der Waals surface area contributed by atoms with Crippen LogP contribution < -0.4 is 0 Å². The molecule has 3 aliphatic carbocycles. The third kappa shape index (κ3) is 4.07. The molecule has 0 unspecified atom stereocenters. The molecule has 0 aromatic carbocycles. The molecule has 0 heterocycles. The first-order valence-electron chi connectivity index (χ1n) is 12.5. The molecule has 0 aromatic heterocycles. The van der Waals surface area contributed by atoms with Gasteiger partial charge in [-0.2, -0.15) is 0 Å². The Morgan fingerprint density at radius 3 is 2.32 bits per heavy atom. The van der Waals surface area contributed by atoms with Gasteiger partial charge in [0.05, 0.1) is 6.10 Å². The molecule has 0 aromatic rings. The van der Waals surface area contributed by atoms with Gasteiger partial charge in [-0.05, 0) is 97.7 Å². The van der Waals surface area contributed by atoms with Crippen LogP contribution in [0.3, 0.4) is 0 Å². The summed E-state index contributed by atoms with van der Waals surface area (Å²) >= 11 is 0. The lowest BCUT2D eigenvalue weighted by Crippen LogP contribution is -2.54. The minimum Gasteiger partial charge on any atom is -0.396 e. The summed E-state index contributed by atoms with van der Waals surface area (Å²) in [6.45, 7) is 12.5. The van der Waals surface area contributed by atoms with E-state index in [4.69, 9.17) is 0 Å². The van der Waals surface area contributed by atoms with E-state index >= 15 is 0 Å². The van der Waals surface area contributed by atoms with Crippen LogP contribution in [0.15, 0.2) is 0 Å². The average Bonchev–Trinajstić information content (AvgIpc) is 3.00. The van der Waals surface area contributed by atoms with Crippen LogP contribution in [0.1, 0.15) is 105 Å². The number of fused-ring (bicyclic) bond motifs is 3. The molecule has 0 aliphatic heterocycles. The maximum atomic E-state index is 10.9. The summed E-state index contributed by atoms with van der Waals surface area (Å²) < 4.78 is 0. The molecule has 0 bridgehead atoms. The Balaban J connectivity index is 1.71. The average molecular weight is 393 g/mol. The normalized spacial score (nSPS) is 44.4. The summed E-state index contributed by atoms with van der Waals surface area (Å²) in [6, 6.07) is 0. The van der Waals surface area contributed by atoms with Crippen LogP contribution in [-0.2, 0) is 0 Å². The van der Waals surface area contributed by atoms with E-state index in [2.05, 4.69) is 34.6 Å². The summed E-state index contributed by atoms with van der Waals surface area (Å²) in [7, 11) is 0. The number of aliphatic hydroxyl groups excluding tert-OH is 2. The van der Waals surface area contributed by atoms with E-state index in [1.165, 1.54) is 51.4 Å². The first kappa shape index (κ1) is 22.6. The van der Waals surface area contributed by atoms with Gasteiger partial charge in [-0.15, -0.1) is 0 Å². The van der Waals surface area contributed by atoms with Crippen LogP contribution in [0.5, 0.6) is 0 Å². The molecule has 0 radical (unpaired) electrons. The van der Waals surface area contributed by atoms with Gasteiger partial charge in [0.15, 0.2) is 0 Å². The van der Waals surface area contributed by atoms with Crippen molar-refractivity contribution in [2.24, 2.45) is 46.3 Å². The Kier molecular flexibility index (Phi) is 7.24. The highest BCUT2D eigenvalue weighted by Crippen LogP contribution is 2.66. The highest BCUT2D eigenvalue weighted by molar-refractivity contribution is 5.08. The van der Waals surface area contributed by atoms with Crippen molar-refractivity contribution in [1.82, 2.24) is 0 Å². The van der Waals surface area contributed by atoms with Gasteiger partial charge in [0.25, 0.3) is 0 Å². The Morgan fingerprint density at radius 2 is 1.64 bits per heavy atom. The van der Waals surface area contributed by atoms with Gasteiger partial charge in [0, 0.05) is 6.61 Å². The van der Waals surface area contributed by atoms with Crippen LogP contribution in [0.2, 0.25) is 0 Å². The van der Waals surface area contributed by atoms with E-state index in [-0.39, 0.29) is 18.1 Å². The van der Waals surface area contributed by atoms with Crippen LogP contribution in [-0.4, -0.2) is 22.9 Å². The monoisotopic (exact) mass is 392 g/mol. The lowest BCUT2D eigenvalue weighted by molar-refractivity contribution is -0.133. The highest BCUT2D eigenvalue weighted by Gasteiger charge is 2.59. The Hall–Kier alpha value is -0.0800. The largest absolute Gasteiger partial charge is 0.396 e. The van der Waals surface area contributed by atoms with Gasteiger partial charge in [-0.25, -0.2) is 0 Å². The molecule has 2 N–H and O–H groups in total. The molecule has 0 spiro atoms. The lowest BCUT2D eigenvalue weighted by atomic mass is 9.47. The third-order valence-corrected chi connectivity index (χ3v) is 9.89. The van der Waals surface area contributed by atoms with E-state index in [1.807, 2.05) is 0 Å². The fourth-order valence-electron chi connectivity index (χ4n) is 8.27. The van der Waals surface area contributed by atoms with Crippen LogP contribution >= 0.6 is 0 Å². The summed E-state index contributed by atoms with van der Waals surface area (Å²) in [5.41, 5.74) is 0.548. The molecule has 2 heteroatoms. The van der Waals surface area contributed by atoms with E-state index < -0.39 is 0 Å². The molecule has 3 aliphatic rings. The quantitative estimate of drug-likeness (QED) is 0.499. The van der Waals surface area contributed by atoms with Crippen molar-refractivity contribution in [3.05, 3.63) is 0 Å². The topological polar surface area (TPSA) is 40.5 Å². The Bertz CT molecular complexity index is 503. The first-order valence-corrected chi connectivity index (χ1v) is 12.5. The van der Waals surface area contributed by atoms with Gasteiger partial charge in [-0.3, -0.25) is 0 Å². The van der Waals surface area contributed by atoms with Crippen LogP contribution in [0, 0.1) is 46.3 Å². The van der Waals surface area contributed by atoms with Crippen molar-refractivity contribution < 1.29 is 10.2 Å². The van der Waals surface area contributed by atoms with E-state index in [0.29, 0.717) is 11.3 Å². The number of aliphatic hydroxyl groups is 2. The summed E-state index contributed by atoms with van der Waals surface area (Å²) in [5, 5.41) is 20.3. The number of rotatable bonds is 8. The SMILES string of the molecule is CC(C)CCC[C@@H](C)[C@@H]1CC[C@H]2[C@H]3CC[C@H](O)[C@@](C)(CCCO)[C@@H]3CC[C@@]21C. The lowest BCUT2D eigenvalue weighted by Gasteiger charge is -2.58. The molecule has 3 fully saturated rings. The predicted molar refractivity (Wildman–Crippen MR) is 118 cm³/mol. The summed E-state index contributed by atoms with van der Waals surface area (Å²) in [4.78, 5) is 0. The zero-order valence-electron chi connectivity index (χ0n) is 19.4. The highest BCUT2D eigenvalue weighted by atomic mass is 16.3. The van der Waals surface area contributed by atoms with Crippen molar-refractivity contribution in [2.45, 2.75) is 111 Å². The van der Waals surface area contributed by atoms with Crippen molar-refractivity contribution in [3.8, 4) is 0 Å². The summed E-state index contributed by atoms with van der Waals surface area (Å²) in [5.74, 6) is 4.93. The van der Waals surface area contributed by atoms with Gasteiger partial charge in [0.1, 0.15) is 0 Å². The molecule has 28 heavy (non-hydrogen) atoms. The molecular formula is C26H48O2. The molecule has 3 saturated carbocycles. The van der Waals surface area contributed by atoms with Crippen molar-refractivity contribution >= 4 is 0 Å². The maximum Gasteiger partial charge on any atom is 0.0596 e. The van der Waals surface area contributed by atoms with E-state index in [9.17, 15) is 10.2 Å². The Morgan fingerprint density at radius 1 is 0.893 bits per heavy atom. The van der Waals surface area contributed by atoms with Crippen molar-refractivity contribution in [1.29, 1.82) is 0 Å². The van der Waals surface area contributed by atoms with Crippen LogP contribution in [0.25, 0.3) is 0 Å². The smallest absolute Gasteiger partial charge is 0.0596 e. The van der Waals surface area contributed by atoms with Gasteiger partial charge in [-0.1, -0.05) is 53.9 Å². The van der Waals surface area contributed by atoms with Gasteiger partial charge < -0.3 is 10.2 Å². The minimum absolute atomic E-state index is 0.0218. The standard InChI is InChI=1S/C26H48O2/c1-18(2)8-6-9-19(3)21-11-12-22-20-10-13-24(28)26(5,15-7-17-27)23(20)14-16-25(21,22)4/h18-24,27-28H,6-17H2,1-5H3/t19-,20-,21+,22+,23-,24+,25-,26+/m1/s1. The molecule has 3 rings (SSSR count). The van der Waals surface area contributed by atoms with Gasteiger partial charge >= 0.3 is 0 Å². The maximum absolute atomic E-state index is 10.9. The molecule has 164 valence electrons. The molecule has 2 nitrogen and oxygen atoms in total. The first-order chi connectivity index (χ1) is 13.2. The number of hydrogen-bond donors (Lipinski definition) is 2. The zero-order valence-corrected chi connectivity index (χ0v) is 19.4. The van der Waals surface area contributed by atoms with Crippen molar-refractivity contribution in [2.75, 3.05) is 6.61 Å². The molecular weight excluding hydrogens is 344 g/mol. The third-order valence-electron chi connectivity index (χ3n) is 9.89. The molecule has 8 atom stereocenters. The molecule has 0 amide bonds. The second-order valence-corrected chi connectivity index (χ2v) is 11.8. The fraction of sp³-hybridized carbons (Fsp3) is 1.00. The van der Waals surface area contributed by atoms with E-state index in [0.717, 1.165) is 48.9 Å². The zero-order chi connectivity index (χ0) is 20.5. The second-order valence-electron chi connectivity index (χ2n) is 11.8. The van der Waals surface area contributed by atoms with Gasteiger partial charge in [0.2, 0.25) is 0 Å². The molecule has 0 saturated heterocycles. The second kappa shape index (κ2) is 8.96. The van der Waals surface area contributed by atoms with Crippen LogP contribution in [0.4, 0.5) is 0 Å².